The Balaban J connectivity index is 2.60. The Labute approximate surface area is 101 Å². The van der Waals surface area contributed by atoms with E-state index in [1.165, 1.54) is 0 Å². The molecular formula is C12H18O3S. The van der Waals surface area contributed by atoms with Crippen LogP contribution >= 0.6 is 11.8 Å². The molecule has 0 saturated carbocycles. The van der Waals surface area contributed by atoms with E-state index < -0.39 is 0 Å². The first kappa shape index (κ1) is 13.2. The predicted molar refractivity (Wildman–Crippen MR) is 67.4 cm³/mol. The minimum Gasteiger partial charge on any atom is -0.493 e. The Morgan fingerprint density at radius 1 is 1.31 bits per heavy atom. The molecular weight excluding hydrogens is 224 g/mol. The minimum atomic E-state index is 0.0179. The van der Waals surface area contributed by atoms with Crippen molar-refractivity contribution in [1.29, 1.82) is 0 Å². The lowest BCUT2D eigenvalue weighted by Gasteiger charge is -2.11. The van der Waals surface area contributed by atoms with Gasteiger partial charge in [-0.25, -0.2) is 0 Å². The fourth-order valence-corrected chi connectivity index (χ4v) is 1.78. The van der Waals surface area contributed by atoms with Crippen molar-refractivity contribution in [2.45, 2.75) is 13.5 Å². The van der Waals surface area contributed by atoms with Crippen molar-refractivity contribution < 1.29 is 14.6 Å². The zero-order chi connectivity index (χ0) is 11.8. The van der Waals surface area contributed by atoms with E-state index >= 15 is 0 Å². The normalized spacial score (nSPS) is 10.2. The van der Waals surface area contributed by atoms with E-state index in [2.05, 4.69) is 6.92 Å². The molecule has 0 amide bonds. The third-order valence-corrected chi connectivity index (χ3v) is 2.96. The fourth-order valence-electron chi connectivity index (χ4n) is 1.29. The van der Waals surface area contributed by atoms with Crippen LogP contribution in [-0.2, 0) is 6.61 Å². The van der Waals surface area contributed by atoms with Gasteiger partial charge in [0, 0.05) is 5.75 Å². The lowest BCUT2D eigenvalue weighted by molar-refractivity contribution is 0.278. The third-order valence-electron chi connectivity index (χ3n) is 2.10. The second kappa shape index (κ2) is 7.41. The van der Waals surface area contributed by atoms with E-state index in [9.17, 15) is 0 Å². The topological polar surface area (TPSA) is 38.7 Å². The van der Waals surface area contributed by atoms with Crippen molar-refractivity contribution in [2.24, 2.45) is 0 Å². The first-order chi connectivity index (χ1) is 7.81. The smallest absolute Gasteiger partial charge is 0.161 e. The van der Waals surface area contributed by atoms with Gasteiger partial charge in [0.05, 0.1) is 20.3 Å². The maximum Gasteiger partial charge on any atom is 0.161 e. The summed E-state index contributed by atoms with van der Waals surface area (Å²) in [5, 5.41) is 9.03. The highest BCUT2D eigenvalue weighted by Gasteiger charge is 2.05. The van der Waals surface area contributed by atoms with E-state index in [0.717, 1.165) is 17.1 Å². The molecule has 16 heavy (non-hydrogen) atoms. The summed E-state index contributed by atoms with van der Waals surface area (Å²) in [5.41, 5.74) is 0.832. The van der Waals surface area contributed by atoms with Gasteiger partial charge in [-0.1, -0.05) is 13.0 Å². The first-order valence-electron chi connectivity index (χ1n) is 5.30. The molecule has 0 aromatic heterocycles. The highest BCUT2D eigenvalue weighted by Crippen LogP contribution is 2.28. The van der Waals surface area contributed by atoms with Gasteiger partial charge in [0.2, 0.25) is 0 Å². The summed E-state index contributed by atoms with van der Waals surface area (Å²) in [6, 6.07) is 5.45. The van der Waals surface area contributed by atoms with Crippen LogP contribution in [0.4, 0.5) is 0 Å². The Morgan fingerprint density at radius 2 is 2.12 bits per heavy atom. The number of benzene rings is 1. The van der Waals surface area contributed by atoms with Crippen molar-refractivity contribution in [3.63, 3.8) is 0 Å². The second-order valence-corrected chi connectivity index (χ2v) is 4.58. The molecule has 1 aromatic carbocycles. The second-order valence-electron chi connectivity index (χ2n) is 3.19. The van der Waals surface area contributed by atoms with E-state index in [1.54, 1.807) is 7.11 Å². The van der Waals surface area contributed by atoms with Crippen LogP contribution in [0.2, 0.25) is 0 Å². The number of methoxy groups -OCH3 is 1. The lowest BCUT2D eigenvalue weighted by atomic mass is 10.2. The molecule has 0 spiro atoms. The quantitative estimate of drug-likeness (QED) is 0.745. The van der Waals surface area contributed by atoms with Gasteiger partial charge < -0.3 is 14.6 Å². The Kier molecular flexibility index (Phi) is 6.11. The zero-order valence-electron chi connectivity index (χ0n) is 9.73. The van der Waals surface area contributed by atoms with E-state index in [0.29, 0.717) is 18.1 Å². The largest absolute Gasteiger partial charge is 0.493 e. The average Bonchev–Trinajstić information content (AvgIpc) is 2.34. The summed E-state index contributed by atoms with van der Waals surface area (Å²) < 4.78 is 10.8. The predicted octanol–water partition coefficient (Wildman–Crippen LogP) is 2.32. The van der Waals surface area contributed by atoms with Crippen LogP contribution in [0, 0.1) is 0 Å². The Morgan fingerprint density at radius 3 is 2.75 bits per heavy atom. The number of aliphatic hydroxyl groups is 1. The number of rotatable bonds is 7. The highest BCUT2D eigenvalue weighted by atomic mass is 32.2. The number of ether oxygens (including phenoxy) is 2. The number of hydrogen-bond donors (Lipinski definition) is 1. The molecule has 0 unspecified atom stereocenters. The van der Waals surface area contributed by atoms with Gasteiger partial charge in [-0.15, -0.1) is 0 Å². The summed E-state index contributed by atoms with van der Waals surface area (Å²) in [6.45, 7) is 2.80. The van der Waals surface area contributed by atoms with Crippen molar-refractivity contribution in [3.8, 4) is 11.5 Å². The van der Waals surface area contributed by atoms with Gasteiger partial charge in [0.15, 0.2) is 11.5 Å². The Bertz CT molecular complexity index is 315. The van der Waals surface area contributed by atoms with Crippen LogP contribution in [0.25, 0.3) is 0 Å². The molecule has 0 fully saturated rings. The molecule has 1 rings (SSSR count). The SMILES string of the molecule is CCSCCOc1cc(CO)ccc1OC. The third kappa shape index (κ3) is 3.94. The molecule has 0 bridgehead atoms. The summed E-state index contributed by atoms with van der Waals surface area (Å²) in [7, 11) is 1.61. The maximum atomic E-state index is 9.03. The molecule has 0 aliphatic rings. The molecule has 0 aliphatic heterocycles. The molecule has 0 heterocycles. The van der Waals surface area contributed by atoms with Crippen molar-refractivity contribution in [2.75, 3.05) is 25.2 Å². The molecule has 90 valence electrons. The molecule has 1 aromatic rings. The standard InChI is InChI=1S/C12H18O3S/c1-3-16-7-6-15-12-8-10(9-13)4-5-11(12)14-2/h4-5,8,13H,3,6-7,9H2,1-2H3. The van der Waals surface area contributed by atoms with Gasteiger partial charge in [-0.3, -0.25) is 0 Å². The minimum absolute atomic E-state index is 0.0179. The molecule has 0 saturated heterocycles. The molecule has 0 radical (unpaired) electrons. The Hall–Kier alpha value is -0.870. The maximum absolute atomic E-state index is 9.03. The summed E-state index contributed by atoms with van der Waals surface area (Å²) >= 11 is 1.84. The highest BCUT2D eigenvalue weighted by molar-refractivity contribution is 7.99. The molecule has 0 aliphatic carbocycles. The van der Waals surface area contributed by atoms with Crippen molar-refractivity contribution >= 4 is 11.8 Å². The van der Waals surface area contributed by atoms with Gasteiger partial charge in [-0.05, 0) is 23.4 Å². The summed E-state index contributed by atoms with van der Waals surface area (Å²) in [4.78, 5) is 0. The molecule has 4 heteroatoms. The number of aliphatic hydroxyl groups excluding tert-OH is 1. The van der Waals surface area contributed by atoms with Crippen LogP contribution in [0.3, 0.4) is 0 Å². The first-order valence-corrected chi connectivity index (χ1v) is 6.45. The van der Waals surface area contributed by atoms with Crippen LogP contribution in [0.1, 0.15) is 12.5 Å². The van der Waals surface area contributed by atoms with Gasteiger partial charge in [0.1, 0.15) is 0 Å². The van der Waals surface area contributed by atoms with Gasteiger partial charge >= 0.3 is 0 Å². The molecule has 1 N–H and O–H groups in total. The molecule has 3 nitrogen and oxygen atoms in total. The van der Waals surface area contributed by atoms with Crippen LogP contribution in [0.15, 0.2) is 18.2 Å². The van der Waals surface area contributed by atoms with E-state index in [1.807, 2.05) is 30.0 Å². The van der Waals surface area contributed by atoms with E-state index in [4.69, 9.17) is 14.6 Å². The van der Waals surface area contributed by atoms with Crippen LogP contribution in [0.5, 0.6) is 11.5 Å². The fraction of sp³-hybridized carbons (Fsp3) is 0.500. The van der Waals surface area contributed by atoms with Crippen LogP contribution in [-0.4, -0.2) is 30.3 Å². The van der Waals surface area contributed by atoms with Gasteiger partial charge in [-0.2, -0.15) is 11.8 Å². The average molecular weight is 242 g/mol. The monoisotopic (exact) mass is 242 g/mol. The zero-order valence-corrected chi connectivity index (χ0v) is 10.5. The van der Waals surface area contributed by atoms with Crippen molar-refractivity contribution in [1.82, 2.24) is 0 Å². The summed E-state index contributed by atoms with van der Waals surface area (Å²) in [5.74, 6) is 3.46. The summed E-state index contributed by atoms with van der Waals surface area (Å²) in [6.07, 6.45) is 0. The van der Waals surface area contributed by atoms with Gasteiger partial charge in [0.25, 0.3) is 0 Å². The lowest BCUT2D eigenvalue weighted by Crippen LogP contribution is -2.02. The number of hydrogen-bond acceptors (Lipinski definition) is 4. The number of thioether (sulfide) groups is 1. The van der Waals surface area contributed by atoms with E-state index in [-0.39, 0.29) is 6.61 Å². The van der Waals surface area contributed by atoms with Crippen molar-refractivity contribution in [3.05, 3.63) is 23.8 Å². The van der Waals surface area contributed by atoms with Crippen LogP contribution < -0.4 is 9.47 Å². The molecule has 0 atom stereocenters.